The maximum Gasteiger partial charge on any atom is 0.417 e. The molecule has 1 fully saturated rings. The highest BCUT2D eigenvalue weighted by Crippen LogP contribution is 2.41. The second-order valence-electron chi connectivity index (χ2n) is 10.6. The fourth-order valence-corrected chi connectivity index (χ4v) is 6.53. The Kier molecular flexibility index (Phi) is 9.40. The van der Waals surface area contributed by atoms with E-state index in [1.807, 2.05) is 44.2 Å². The van der Waals surface area contributed by atoms with Crippen molar-refractivity contribution in [2.45, 2.75) is 75.1 Å². The quantitative estimate of drug-likeness (QED) is 0.194. The zero-order valence-corrected chi connectivity index (χ0v) is 24.2. The first-order chi connectivity index (χ1) is 19.9. The summed E-state index contributed by atoms with van der Waals surface area (Å²) in [5, 5.41) is -0.582. The molecule has 1 aliphatic rings. The molecule has 1 saturated heterocycles. The number of benzene rings is 2. The van der Waals surface area contributed by atoms with Crippen molar-refractivity contribution >= 4 is 27.5 Å². The molecule has 7 nitrogen and oxygen atoms in total. The monoisotopic (exact) mass is 602 g/mol. The number of cyclic esters (lactones) is 1. The van der Waals surface area contributed by atoms with E-state index in [1.165, 1.54) is 12.1 Å². The van der Waals surface area contributed by atoms with Gasteiger partial charge in [0.05, 0.1) is 5.56 Å². The number of aryl methyl sites for hydroxylation is 1. The van der Waals surface area contributed by atoms with Crippen LogP contribution in [0.3, 0.4) is 0 Å². The van der Waals surface area contributed by atoms with E-state index >= 15 is 0 Å². The molecule has 42 heavy (non-hydrogen) atoms. The van der Waals surface area contributed by atoms with Gasteiger partial charge in [-0.15, -0.1) is 0 Å². The van der Waals surface area contributed by atoms with Crippen LogP contribution in [0.4, 0.5) is 18.9 Å². The number of ether oxygens (including phenoxy) is 1. The van der Waals surface area contributed by atoms with Crippen LogP contribution in [-0.4, -0.2) is 30.8 Å². The van der Waals surface area contributed by atoms with Gasteiger partial charge >= 0.3 is 12.1 Å². The number of nitrogens with one attached hydrogen (secondary N) is 1. The average Bonchev–Trinajstić information content (AvgIpc) is 2.94. The van der Waals surface area contributed by atoms with E-state index in [2.05, 4.69) is 9.71 Å². The Morgan fingerprint density at radius 3 is 2.36 bits per heavy atom. The summed E-state index contributed by atoms with van der Waals surface area (Å²) in [6.07, 6.45) is -1.18. The number of alkyl halides is 3. The standard InChI is InChI=1S/C31H33F3N2O5S/c1-3-16-30(17-15-21-9-6-5-7-10-21)19-26(37)28(29(38)41-30)25(4-2)22-11-8-12-24(18-22)36-42(39,40)27-14-13-23(20-35-27)31(32,33)34/h5-14,18,20,25,28,36H,3-4,15-17,19H2,1-2H3/t25-,28-,30-/m1/s1. The number of hydrogen-bond donors (Lipinski definition) is 1. The van der Waals surface area contributed by atoms with Gasteiger partial charge in [-0.1, -0.05) is 62.7 Å². The van der Waals surface area contributed by atoms with Crippen LogP contribution in [0, 0.1) is 5.92 Å². The minimum absolute atomic E-state index is 0.104. The van der Waals surface area contributed by atoms with Gasteiger partial charge in [-0.25, -0.2) is 4.98 Å². The van der Waals surface area contributed by atoms with Gasteiger partial charge in [-0.05, 0) is 61.1 Å². The van der Waals surface area contributed by atoms with Crippen molar-refractivity contribution in [2.75, 3.05) is 4.72 Å². The summed E-state index contributed by atoms with van der Waals surface area (Å²) in [4.78, 5) is 30.5. The van der Waals surface area contributed by atoms with E-state index in [9.17, 15) is 31.2 Å². The van der Waals surface area contributed by atoms with Crippen molar-refractivity contribution < 1.29 is 35.9 Å². The molecule has 224 valence electrons. The second kappa shape index (κ2) is 12.6. The van der Waals surface area contributed by atoms with E-state index in [0.717, 1.165) is 18.1 Å². The fraction of sp³-hybridized carbons (Fsp3) is 0.387. The normalized spacial score (nSPS) is 20.2. The minimum atomic E-state index is -4.65. The van der Waals surface area contributed by atoms with Gasteiger partial charge < -0.3 is 4.74 Å². The summed E-state index contributed by atoms with van der Waals surface area (Å²) in [7, 11) is -4.31. The molecule has 0 unspecified atom stereocenters. The third kappa shape index (κ3) is 7.18. The molecule has 1 aromatic heterocycles. The number of rotatable bonds is 11. The third-order valence-corrected chi connectivity index (χ3v) is 8.88. The molecule has 2 aromatic carbocycles. The summed E-state index contributed by atoms with van der Waals surface area (Å²) in [5.74, 6) is -2.40. The predicted molar refractivity (Wildman–Crippen MR) is 151 cm³/mol. The number of carbonyl (C=O) groups is 2. The lowest BCUT2D eigenvalue weighted by atomic mass is 9.74. The van der Waals surface area contributed by atoms with Crippen molar-refractivity contribution in [3.05, 3.63) is 89.6 Å². The van der Waals surface area contributed by atoms with Crippen LogP contribution >= 0.6 is 0 Å². The Labute approximate surface area is 243 Å². The Balaban J connectivity index is 1.52. The molecule has 1 N–H and O–H groups in total. The van der Waals surface area contributed by atoms with Crippen LogP contribution in [0.15, 0.2) is 78.0 Å². The van der Waals surface area contributed by atoms with E-state index < -0.39 is 50.2 Å². The second-order valence-corrected chi connectivity index (χ2v) is 12.2. The fourth-order valence-electron chi connectivity index (χ4n) is 5.55. The zero-order valence-electron chi connectivity index (χ0n) is 23.4. The van der Waals surface area contributed by atoms with Crippen molar-refractivity contribution in [3.63, 3.8) is 0 Å². The highest BCUT2D eigenvalue weighted by Gasteiger charge is 2.48. The predicted octanol–water partition coefficient (Wildman–Crippen LogP) is 6.70. The van der Waals surface area contributed by atoms with Crippen LogP contribution in [0.25, 0.3) is 0 Å². The Morgan fingerprint density at radius 2 is 1.76 bits per heavy atom. The smallest absolute Gasteiger partial charge is 0.417 e. The number of sulfonamides is 1. The van der Waals surface area contributed by atoms with Crippen LogP contribution in [0.2, 0.25) is 0 Å². The van der Waals surface area contributed by atoms with Gasteiger partial charge in [0.25, 0.3) is 10.0 Å². The molecule has 0 saturated carbocycles. The SMILES string of the molecule is CCC[C@@]1(CCc2ccccc2)CC(=O)[C@@H]([C@H](CC)c2cccc(NS(=O)(=O)c3ccc(C(F)(F)F)cn3)c2)C(=O)O1. The number of esters is 1. The first kappa shape index (κ1) is 31.2. The lowest BCUT2D eigenvalue weighted by Crippen LogP contribution is -2.49. The van der Waals surface area contributed by atoms with E-state index in [4.69, 9.17) is 4.74 Å². The number of hydrogen-bond acceptors (Lipinski definition) is 6. The lowest BCUT2D eigenvalue weighted by molar-refractivity contribution is -0.180. The third-order valence-electron chi connectivity index (χ3n) is 7.58. The molecule has 0 radical (unpaired) electrons. The Bertz CT molecular complexity index is 1490. The number of anilines is 1. The lowest BCUT2D eigenvalue weighted by Gasteiger charge is -2.40. The minimum Gasteiger partial charge on any atom is -0.458 e. The van der Waals surface area contributed by atoms with Gasteiger partial charge in [0.15, 0.2) is 10.8 Å². The highest BCUT2D eigenvalue weighted by molar-refractivity contribution is 7.92. The number of ketones is 1. The number of halogens is 3. The van der Waals surface area contributed by atoms with Gasteiger partial charge in [0.2, 0.25) is 0 Å². The van der Waals surface area contributed by atoms with Crippen LogP contribution in [-0.2, 0) is 36.9 Å². The maximum atomic E-state index is 13.6. The Morgan fingerprint density at radius 1 is 1.02 bits per heavy atom. The average molecular weight is 603 g/mol. The largest absolute Gasteiger partial charge is 0.458 e. The van der Waals surface area contributed by atoms with Crippen LogP contribution in [0.5, 0.6) is 0 Å². The summed E-state index contributed by atoms with van der Waals surface area (Å²) < 4.78 is 72.6. The molecule has 2 heterocycles. The van der Waals surface area contributed by atoms with Crippen LogP contribution in [0.1, 0.15) is 68.6 Å². The van der Waals surface area contributed by atoms with Crippen LogP contribution < -0.4 is 4.72 Å². The molecule has 3 aromatic rings. The van der Waals surface area contributed by atoms with Crippen molar-refractivity contribution in [2.24, 2.45) is 5.92 Å². The van der Waals surface area contributed by atoms with E-state index in [-0.39, 0.29) is 17.9 Å². The van der Waals surface area contributed by atoms with Crippen molar-refractivity contribution in [1.82, 2.24) is 4.98 Å². The number of pyridine rings is 1. The molecule has 0 spiro atoms. The van der Waals surface area contributed by atoms with Gasteiger partial charge in [0, 0.05) is 24.2 Å². The summed E-state index contributed by atoms with van der Waals surface area (Å²) >= 11 is 0. The molecular weight excluding hydrogens is 569 g/mol. The van der Waals surface area contributed by atoms with Gasteiger partial charge in [-0.2, -0.15) is 21.6 Å². The van der Waals surface area contributed by atoms with Crippen molar-refractivity contribution in [3.8, 4) is 0 Å². The van der Waals surface area contributed by atoms with E-state index in [1.54, 1.807) is 12.1 Å². The highest BCUT2D eigenvalue weighted by atomic mass is 32.2. The van der Waals surface area contributed by atoms with Gasteiger partial charge in [-0.3, -0.25) is 14.3 Å². The summed E-state index contributed by atoms with van der Waals surface area (Å²) in [6.45, 7) is 3.81. The molecule has 4 rings (SSSR count). The van der Waals surface area contributed by atoms with Crippen molar-refractivity contribution in [1.29, 1.82) is 0 Å². The number of carbonyl (C=O) groups excluding carboxylic acids is 2. The molecule has 1 aliphatic heterocycles. The first-order valence-corrected chi connectivity index (χ1v) is 15.3. The molecule has 3 atom stereocenters. The Hall–Kier alpha value is -3.73. The molecule has 0 aliphatic carbocycles. The summed E-state index contributed by atoms with van der Waals surface area (Å²) in [6, 6.07) is 17.5. The molecule has 0 amide bonds. The number of Topliss-reactive ketones (excluding diaryl/α,β-unsaturated/α-hetero) is 1. The molecule has 11 heteroatoms. The molecule has 0 bridgehead atoms. The topological polar surface area (TPSA) is 102 Å². The molecular formula is C31H33F3N2O5S. The first-order valence-electron chi connectivity index (χ1n) is 13.8. The zero-order chi connectivity index (χ0) is 30.5. The van der Waals surface area contributed by atoms with E-state index in [0.29, 0.717) is 43.5 Å². The summed E-state index contributed by atoms with van der Waals surface area (Å²) in [5.41, 5.74) is -0.176. The number of nitrogens with zero attached hydrogens (tertiary/aromatic N) is 1. The number of aromatic nitrogens is 1. The maximum absolute atomic E-state index is 13.6. The van der Waals surface area contributed by atoms with Gasteiger partial charge in [0.1, 0.15) is 11.5 Å².